The Morgan fingerprint density at radius 2 is 1.90 bits per heavy atom. The van der Waals surface area contributed by atoms with Crippen LogP contribution in [0.4, 0.5) is 13.2 Å². The minimum atomic E-state index is -4.79. The normalized spacial score (nSPS) is 35.0. The van der Waals surface area contributed by atoms with Gasteiger partial charge in [0.25, 0.3) is 5.56 Å². The van der Waals surface area contributed by atoms with Crippen molar-refractivity contribution in [3.63, 3.8) is 0 Å². The molecule has 4 N–H and O–H groups in total. The number of rotatable bonds is 2. The number of hydrogen-bond acceptors (Lipinski definition) is 5. The van der Waals surface area contributed by atoms with E-state index < -0.39 is 57.1 Å². The molecule has 1 unspecified atom stereocenters. The molecule has 1 aliphatic heterocycles. The maximum Gasteiger partial charge on any atom is 0.425 e. The maximum atomic E-state index is 13.2. The molecule has 2 heterocycles. The maximum absolute atomic E-state index is 13.2. The van der Waals surface area contributed by atoms with Crippen LogP contribution in [0, 0.1) is 0 Å². The average molecular weight is 330 g/mol. The van der Waals surface area contributed by atoms with Gasteiger partial charge in [0.15, 0.2) is 0 Å². The van der Waals surface area contributed by atoms with E-state index in [-0.39, 0.29) is 0 Å². The van der Waals surface area contributed by atoms with Gasteiger partial charge < -0.3 is 15.3 Å². The zero-order valence-electron chi connectivity index (χ0n) is 10.4. The predicted octanol–water partition coefficient (Wildman–Crippen LogP) is -1.35. The third-order valence-corrected chi connectivity index (χ3v) is 6.20. The van der Waals surface area contributed by atoms with Crippen molar-refractivity contribution in [1.29, 1.82) is 0 Å². The van der Waals surface area contributed by atoms with Crippen molar-refractivity contribution >= 4 is 10.9 Å². The van der Waals surface area contributed by atoms with Crippen molar-refractivity contribution in [1.82, 2.24) is 9.55 Å². The van der Waals surface area contributed by atoms with Gasteiger partial charge in [0.2, 0.25) is 0 Å². The molecule has 21 heavy (non-hydrogen) atoms. The Morgan fingerprint density at radius 1 is 1.29 bits per heavy atom. The largest absolute Gasteiger partial charge is 0.425 e. The lowest BCUT2D eigenvalue weighted by Gasteiger charge is -2.31. The molecular weight excluding hydrogens is 317 g/mol. The summed E-state index contributed by atoms with van der Waals surface area (Å²) in [5, 5.41) is 25.2. The van der Waals surface area contributed by atoms with Crippen LogP contribution in [0.5, 0.6) is 0 Å². The number of aliphatic hydroxyl groups is 3. The molecule has 0 radical (unpaired) electrons. The molecule has 5 atom stereocenters. The van der Waals surface area contributed by atoms with Crippen LogP contribution in [0.1, 0.15) is 5.37 Å². The summed E-state index contributed by atoms with van der Waals surface area (Å²) in [5.41, 5.74) is -6.70. The Morgan fingerprint density at radius 3 is 2.38 bits per heavy atom. The molecular formula is C10H13F3N2O5S. The summed E-state index contributed by atoms with van der Waals surface area (Å²) in [4.78, 5) is 24.4. The van der Waals surface area contributed by atoms with Crippen LogP contribution in [0.15, 0.2) is 21.9 Å². The molecule has 0 aliphatic carbocycles. The summed E-state index contributed by atoms with van der Waals surface area (Å²) in [7, 11) is -3.10. The van der Waals surface area contributed by atoms with Crippen molar-refractivity contribution in [2.45, 2.75) is 28.3 Å². The second-order valence-electron chi connectivity index (χ2n) is 4.54. The monoisotopic (exact) mass is 330 g/mol. The number of nitrogens with one attached hydrogen (secondary N) is 1. The van der Waals surface area contributed by atoms with Gasteiger partial charge in [0.1, 0.15) is 11.5 Å². The first-order valence-electron chi connectivity index (χ1n) is 5.82. The highest BCUT2D eigenvalue weighted by molar-refractivity contribution is 8.18. The van der Waals surface area contributed by atoms with Crippen molar-refractivity contribution in [3.05, 3.63) is 33.1 Å². The summed E-state index contributed by atoms with van der Waals surface area (Å²) in [5.74, 6) is 0. The van der Waals surface area contributed by atoms with Gasteiger partial charge in [-0.15, -0.1) is 10.9 Å². The van der Waals surface area contributed by atoms with E-state index in [0.717, 1.165) is 12.3 Å². The smallest absolute Gasteiger partial charge is 0.395 e. The highest BCUT2D eigenvalue weighted by Gasteiger charge is 2.58. The second-order valence-corrected chi connectivity index (χ2v) is 7.05. The van der Waals surface area contributed by atoms with E-state index in [9.17, 15) is 33.0 Å². The molecule has 1 aliphatic rings. The molecule has 0 aromatic carbocycles. The van der Waals surface area contributed by atoms with Gasteiger partial charge in [-0.25, -0.2) is 4.79 Å². The standard InChI is InChI=1S/C10H13F3N2O5S/c11-10(12,13)21-4(3-16)6(18)7(19)8(21)15-2-1-5(17)14-9(15)20/h1-2,4,6-8,16,18-19,21H,3H2,(H,14,17,20)/t4-,6-,7-,8+/m1/s1. The Hall–Kier alpha value is -1.30. The lowest BCUT2D eigenvalue weighted by atomic mass is 10.1. The SMILES string of the molecule is O=c1ccn([C@@H]2[C@H](O)[C@H](O)[C@@H](CO)[SH]2C(F)(F)F)c(=O)[nH]1. The fourth-order valence-electron chi connectivity index (χ4n) is 2.40. The van der Waals surface area contributed by atoms with Crippen molar-refractivity contribution in [3.8, 4) is 0 Å². The molecule has 1 aromatic rings. The first-order valence-corrected chi connectivity index (χ1v) is 7.30. The first-order chi connectivity index (χ1) is 9.68. The molecule has 0 saturated carbocycles. The van der Waals surface area contributed by atoms with Gasteiger partial charge in [0, 0.05) is 17.5 Å². The number of aromatic amines is 1. The van der Waals surface area contributed by atoms with E-state index in [1.165, 1.54) is 0 Å². The molecule has 0 amide bonds. The number of aliphatic hydroxyl groups excluding tert-OH is 3. The topological polar surface area (TPSA) is 116 Å². The van der Waals surface area contributed by atoms with E-state index in [1.807, 2.05) is 0 Å². The molecule has 1 saturated heterocycles. The zero-order valence-corrected chi connectivity index (χ0v) is 11.3. The van der Waals surface area contributed by atoms with Gasteiger partial charge in [0.05, 0.1) is 12.7 Å². The number of H-pyrrole nitrogens is 1. The molecule has 1 aromatic heterocycles. The average Bonchev–Trinajstić information content (AvgIpc) is 2.62. The minimum absolute atomic E-state index is 0.546. The predicted molar refractivity (Wildman–Crippen MR) is 68.3 cm³/mol. The number of nitrogens with zero attached hydrogens (tertiary/aromatic N) is 1. The van der Waals surface area contributed by atoms with Gasteiger partial charge in [-0.1, -0.05) is 0 Å². The Bertz CT molecular complexity index is 630. The highest BCUT2D eigenvalue weighted by Crippen LogP contribution is 2.63. The van der Waals surface area contributed by atoms with Crippen LogP contribution >= 0.6 is 10.9 Å². The van der Waals surface area contributed by atoms with Crippen molar-refractivity contribution in [2.75, 3.05) is 6.61 Å². The van der Waals surface area contributed by atoms with Crippen LogP contribution in [-0.4, -0.2) is 54.4 Å². The molecule has 1 fully saturated rings. The van der Waals surface area contributed by atoms with Crippen LogP contribution < -0.4 is 11.2 Å². The molecule has 120 valence electrons. The number of halogens is 3. The fourth-order valence-corrected chi connectivity index (χ4v) is 5.10. The van der Waals surface area contributed by atoms with E-state index >= 15 is 0 Å². The van der Waals surface area contributed by atoms with Crippen LogP contribution in [0.25, 0.3) is 0 Å². The number of alkyl halides is 3. The molecule has 7 nitrogen and oxygen atoms in total. The quantitative estimate of drug-likeness (QED) is 0.430. The first kappa shape index (κ1) is 16.1. The fraction of sp³-hybridized carbons (Fsp3) is 0.600. The number of thiol groups is 1. The summed E-state index contributed by atoms with van der Waals surface area (Å²) in [6.45, 7) is -0.974. The molecule has 11 heteroatoms. The zero-order chi connectivity index (χ0) is 15.9. The van der Waals surface area contributed by atoms with E-state index in [4.69, 9.17) is 5.11 Å². The van der Waals surface area contributed by atoms with Gasteiger partial charge in [-0.05, 0) is 0 Å². The van der Waals surface area contributed by atoms with Gasteiger partial charge in [-0.3, -0.25) is 14.3 Å². The number of aromatic nitrogens is 2. The second kappa shape index (κ2) is 5.48. The third kappa shape index (κ3) is 2.73. The minimum Gasteiger partial charge on any atom is -0.395 e. The highest BCUT2D eigenvalue weighted by atomic mass is 32.2. The number of hydrogen-bond donors (Lipinski definition) is 5. The lowest BCUT2D eigenvalue weighted by Crippen LogP contribution is -2.37. The van der Waals surface area contributed by atoms with Crippen LogP contribution in [0.2, 0.25) is 0 Å². The summed E-state index contributed by atoms with van der Waals surface area (Å²) in [6, 6.07) is 0.844. The summed E-state index contributed by atoms with van der Waals surface area (Å²) in [6.07, 6.45) is -2.85. The van der Waals surface area contributed by atoms with Crippen molar-refractivity contribution < 1.29 is 28.5 Å². The third-order valence-electron chi connectivity index (χ3n) is 3.31. The Labute approximate surface area is 118 Å². The van der Waals surface area contributed by atoms with E-state index in [1.54, 1.807) is 4.98 Å². The Balaban J connectivity index is 2.58. The van der Waals surface area contributed by atoms with Gasteiger partial charge in [-0.2, -0.15) is 13.2 Å². The van der Waals surface area contributed by atoms with Crippen LogP contribution in [0.3, 0.4) is 0 Å². The molecule has 0 bridgehead atoms. The summed E-state index contributed by atoms with van der Waals surface area (Å²) < 4.78 is 40.1. The lowest BCUT2D eigenvalue weighted by molar-refractivity contribution is -0.0376. The van der Waals surface area contributed by atoms with Crippen molar-refractivity contribution in [2.24, 2.45) is 0 Å². The van der Waals surface area contributed by atoms with E-state index in [2.05, 4.69) is 0 Å². The van der Waals surface area contributed by atoms with Gasteiger partial charge >= 0.3 is 11.2 Å². The van der Waals surface area contributed by atoms with Crippen LogP contribution in [-0.2, 0) is 0 Å². The molecule has 2 rings (SSSR count). The summed E-state index contributed by atoms with van der Waals surface area (Å²) >= 11 is 0. The van der Waals surface area contributed by atoms with E-state index in [0.29, 0.717) is 4.57 Å². The molecule has 0 spiro atoms. The Kier molecular flexibility index (Phi) is 4.19.